The van der Waals surface area contributed by atoms with Crippen LogP contribution in [-0.2, 0) is 25.5 Å². The van der Waals surface area contributed by atoms with Crippen LogP contribution in [0.1, 0.15) is 38.2 Å². The Kier molecular flexibility index (Phi) is 6.41. The standard InChI is InChI=1S/C19H24O5/c1-4-5-6-16(17-11-13(2)19(21)24-17)23-15-9-7-14(8-10-15)12-18(20)22-3/h7-10,16-17H,2,4-6,11-12H2,1,3H3. The molecule has 0 bridgehead atoms. The smallest absolute Gasteiger partial charge is 0.333 e. The summed E-state index contributed by atoms with van der Waals surface area (Å²) in [6, 6.07) is 7.32. The molecule has 0 radical (unpaired) electrons. The first kappa shape index (κ1) is 18.0. The Morgan fingerprint density at radius 1 is 1.38 bits per heavy atom. The highest BCUT2D eigenvalue weighted by Crippen LogP contribution is 2.27. The molecule has 1 aromatic carbocycles. The third-order valence-electron chi connectivity index (χ3n) is 4.04. The van der Waals surface area contributed by atoms with Crippen molar-refractivity contribution in [2.45, 2.75) is 51.2 Å². The quantitative estimate of drug-likeness (QED) is 0.540. The lowest BCUT2D eigenvalue weighted by Gasteiger charge is -2.23. The van der Waals surface area contributed by atoms with Crippen molar-refractivity contribution in [3.8, 4) is 5.75 Å². The molecule has 130 valence electrons. The molecule has 0 spiro atoms. The zero-order valence-electron chi connectivity index (χ0n) is 14.2. The molecule has 2 atom stereocenters. The van der Waals surface area contributed by atoms with Gasteiger partial charge in [0, 0.05) is 12.0 Å². The van der Waals surface area contributed by atoms with Gasteiger partial charge in [-0.15, -0.1) is 0 Å². The SMILES string of the molecule is C=C1CC(C(CCCC)Oc2ccc(CC(=O)OC)cc2)OC1=O. The molecule has 24 heavy (non-hydrogen) atoms. The van der Waals surface area contributed by atoms with Crippen LogP contribution >= 0.6 is 0 Å². The molecule has 0 N–H and O–H groups in total. The molecule has 5 heteroatoms. The molecule has 0 aromatic heterocycles. The number of carbonyl (C=O) groups is 2. The molecule has 1 aliphatic rings. The molecule has 0 aliphatic carbocycles. The van der Waals surface area contributed by atoms with Gasteiger partial charge in [-0.2, -0.15) is 0 Å². The van der Waals surface area contributed by atoms with E-state index in [1.807, 2.05) is 24.3 Å². The predicted octanol–water partition coefficient (Wildman–Crippen LogP) is 3.21. The highest BCUT2D eigenvalue weighted by Gasteiger charge is 2.34. The Morgan fingerprint density at radius 3 is 2.62 bits per heavy atom. The maximum atomic E-state index is 11.6. The van der Waals surface area contributed by atoms with Crippen molar-refractivity contribution in [3.05, 3.63) is 42.0 Å². The van der Waals surface area contributed by atoms with Gasteiger partial charge < -0.3 is 14.2 Å². The van der Waals surface area contributed by atoms with Crippen LogP contribution in [0.3, 0.4) is 0 Å². The number of rotatable bonds is 8. The van der Waals surface area contributed by atoms with Crippen LogP contribution in [0, 0.1) is 0 Å². The number of ether oxygens (including phenoxy) is 3. The van der Waals surface area contributed by atoms with Gasteiger partial charge in [-0.1, -0.05) is 32.1 Å². The van der Waals surface area contributed by atoms with E-state index in [4.69, 9.17) is 9.47 Å². The molecule has 1 fully saturated rings. The molecule has 2 rings (SSSR count). The highest BCUT2D eigenvalue weighted by atomic mass is 16.6. The summed E-state index contributed by atoms with van der Waals surface area (Å²) in [5.74, 6) is 0.0812. The summed E-state index contributed by atoms with van der Waals surface area (Å²) >= 11 is 0. The Balaban J connectivity index is 2.02. The van der Waals surface area contributed by atoms with Gasteiger partial charge in [-0.25, -0.2) is 4.79 Å². The lowest BCUT2D eigenvalue weighted by molar-refractivity contribution is -0.142. The van der Waals surface area contributed by atoms with Crippen LogP contribution in [-0.4, -0.2) is 31.3 Å². The van der Waals surface area contributed by atoms with Crippen molar-refractivity contribution >= 4 is 11.9 Å². The molecule has 0 amide bonds. The maximum absolute atomic E-state index is 11.6. The Hall–Kier alpha value is -2.30. The Morgan fingerprint density at radius 2 is 2.08 bits per heavy atom. The van der Waals surface area contributed by atoms with Crippen molar-refractivity contribution in [2.75, 3.05) is 7.11 Å². The Labute approximate surface area is 142 Å². The minimum atomic E-state index is -0.335. The van der Waals surface area contributed by atoms with Crippen LogP contribution in [0.2, 0.25) is 0 Å². The number of unbranched alkanes of at least 4 members (excludes halogenated alkanes) is 1. The highest BCUT2D eigenvalue weighted by molar-refractivity contribution is 5.90. The third-order valence-corrected chi connectivity index (χ3v) is 4.04. The first-order valence-electron chi connectivity index (χ1n) is 8.24. The van der Waals surface area contributed by atoms with Gasteiger partial charge in [-0.05, 0) is 30.5 Å². The molecule has 5 nitrogen and oxygen atoms in total. The molecule has 1 aliphatic heterocycles. The van der Waals surface area contributed by atoms with E-state index in [2.05, 4.69) is 18.2 Å². The third kappa shape index (κ3) is 4.85. The zero-order chi connectivity index (χ0) is 17.5. The zero-order valence-corrected chi connectivity index (χ0v) is 14.2. The second kappa shape index (κ2) is 8.52. The van der Waals surface area contributed by atoms with Gasteiger partial charge in [0.05, 0.1) is 13.5 Å². The first-order chi connectivity index (χ1) is 11.5. The molecule has 1 saturated heterocycles. The van der Waals surface area contributed by atoms with Gasteiger partial charge >= 0.3 is 11.9 Å². The monoisotopic (exact) mass is 332 g/mol. The summed E-state index contributed by atoms with van der Waals surface area (Å²) in [6.45, 7) is 5.84. The number of hydrogen-bond acceptors (Lipinski definition) is 5. The van der Waals surface area contributed by atoms with Crippen molar-refractivity contribution < 1.29 is 23.8 Å². The maximum Gasteiger partial charge on any atom is 0.333 e. The summed E-state index contributed by atoms with van der Waals surface area (Å²) in [6.07, 6.45) is 3.10. The van der Waals surface area contributed by atoms with E-state index < -0.39 is 0 Å². The topological polar surface area (TPSA) is 61.8 Å². The van der Waals surface area contributed by atoms with Crippen molar-refractivity contribution in [3.63, 3.8) is 0 Å². The lowest BCUT2D eigenvalue weighted by Crippen LogP contribution is -2.31. The fraction of sp³-hybridized carbons (Fsp3) is 0.474. The van der Waals surface area contributed by atoms with Crippen LogP contribution in [0.4, 0.5) is 0 Å². The molecular weight excluding hydrogens is 308 g/mol. The van der Waals surface area contributed by atoms with Gasteiger partial charge in [0.1, 0.15) is 18.0 Å². The van der Waals surface area contributed by atoms with Gasteiger partial charge in [-0.3, -0.25) is 4.79 Å². The van der Waals surface area contributed by atoms with E-state index in [9.17, 15) is 9.59 Å². The van der Waals surface area contributed by atoms with Crippen LogP contribution in [0.15, 0.2) is 36.4 Å². The number of benzene rings is 1. The summed E-state index contributed by atoms with van der Waals surface area (Å²) in [5.41, 5.74) is 1.36. The normalized spacial score (nSPS) is 18.2. The van der Waals surface area contributed by atoms with Crippen molar-refractivity contribution in [2.24, 2.45) is 0 Å². The van der Waals surface area contributed by atoms with Gasteiger partial charge in [0.2, 0.25) is 0 Å². The van der Waals surface area contributed by atoms with Gasteiger partial charge in [0.25, 0.3) is 0 Å². The minimum Gasteiger partial charge on any atom is -0.487 e. The fourth-order valence-electron chi connectivity index (χ4n) is 2.62. The lowest BCUT2D eigenvalue weighted by atomic mass is 10.0. The number of hydrogen-bond donors (Lipinski definition) is 0. The van der Waals surface area contributed by atoms with Crippen LogP contribution in [0.5, 0.6) is 5.75 Å². The minimum absolute atomic E-state index is 0.195. The summed E-state index contributed by atoms with van der Waals surface area (Å²) in [7, 11) is 1.37. The summed E-state index contributed by atoms with van der Waals surface area (Å²) in [5, 5.41) is 0. The molecule has 1 aromatic rings. The molecule has 0 saturated carbocycles. The number of carbonyl (C=O) groups excluding carboxylic acids is 2. The first-order valence-corrected chi connectivity index (χ1v) is 8.24. The number of cyclic esters (lactones) is 1. The fourth-order valence-corrected chi connectivity index (χ4v) is 2.62. The molecule has 2 unspecified atom stereocenters. The Bertz CT molecular complexity index is 574. The second-order valence-corrected chi connectivity index (χ2v) is 5.95. The van der Waals surface area contributed by atoms with E-state index in [1.165, 1.54) is 7.11 Å². The van der Waals surface area contributed by atoms with E-state index >= 15 is 0 Å². The largest absolute Gasteiger partial charge is 0.487 e. The molecule has 1 heterocycles. The second-order valence-electron chi connectivity index (χ2n) is 5.95. The average Bonchev–Trinajstić information content (AvgIpc) is 2.92. The number of esters is 2. The van der Waals surface area contributed by atoms with Gasteiger partial charge in [0.15, 0.2) is 0 Å². The van der Waals surface area contributed by atoms with Crippen molar-refractivity contribution in [1.29, 1.82) is 0 Å². The number of methoxy groups -OCH3 is 1. The van der Waals surface area contributed by atoms with E-state index in [1.54, 1.807) is 0 Å². The van der Waals surface area contributed by atoms with E-state index in [-0.39, 0.29) is 30.6 Å². The summed E-state index contributed by atoms with van der Waals surface area (Å²) < 4.78 is 16.1. The van der Waals surface area contributed by atoms with E-state index in [0.29, 0.717) is 17.7 Å². The average molecular weight is 332 g/mol. The predicted molar refractivity (Wildman–Crippen MR) is 89.7 cm³/mol. The summed E-state index contributed by atoms with van der Waals surface area (Å²) in [4.78, 5) is 22.9. The molecular formula is C19H24O5. The van der Waals surface area contributed by atoms with Crippen LogP contribution < -0.4 is 4.74 Å². The van der Waals surface area contributed by atoms with E-state index in [0.717, 1.165) is 24.8 Å². The van der Waals surface area contributed by atoms with Crippen LogP contribution in [0.25, 0.3) is 0 Å². The van der Waals surface area contributed by atoms with Crippen molar-refractivity contribution in [1.82, 2.24) is 0 Å².